The first-order valence-electron chi connectivity index (χ1n) is 4.34. The van der Waals surface area contributed by atoms with Gasteiger partial charge in [-0.3, -0.25) is 0 Å². The monoisotopic (exact) mass is 155 g/mol. The molecule has 0 aromatic rings. The first-order valence-corrected chi connectivity index (χ1v) is 4.34. The minimum atomic E-state index is -0.111. The number of aliphatic hydroxyl groups excluding tert-OH is 1. The zero-order valence-corrected chi connectivity index (χ0v) is 6.92. The van der Waals surface area contributed by atoms with Crippen LogP contribution in [-0.2, 0) is 0 Å². The van der Waals surface area contributed by atoms with Crippen LogP contribution in [0.15, 0.2) is 12.7 Å². The number of nitrogens with one attached hydrogen (secondary N) is 1. The summed E-state index contributed by atoms with van der Waals surface area (Å²) in [5.41, 5.74) is 0. The molecule has 0 amide bonds. The third-order valence-corrected chi connectivity index (χ3v) is 2.04. The molecule has 0 aliphatic heterocycles. The Labute approximate surface area is 68.3 Å². The van der Waals surface area contributed by atoms with Gasteiger partial charge in [0.05, 0.1) is 6.10 Å². The molecule has 2 N–H and O–H groups in total. The Kier molecular flexibility index (Phi) is 3.60. The first-order chi connectivity index (χ1) is 5.34. The van der Waals surface area contributed by atoms with Crippen molar-refractivity contribution in [3.05, 3.63) is 12.7 Å². The molecule has 1 rings (SSSR count). The molecular weight excluding hydrogens is 138 g/mol. The van der Waals surface area contributed by atoms with Crippen LogP contribution >= 0.6 is 0 Å². The van der Waals surface area contributed by atoms with Crippen LogP contribution < -0.4 is 5.32 Å². The van der Waals surface area contributed by atoms with E-state index in [0.717, 1.165) is 19.5 Å². The average molecular weight is 155 g/mol. The van der Waals surface area contributed by atoms with Gasteiger partial charge in [0.1, 0.15) is 0 Å². The van der Waals surface area contributed by atoms with E-state index in [-0.39, 0.29) is 6.10 Å². The molecular formula is C9H17NO. The second kappa shape index (κ2) is 4.52. The highest BCUT2D eigenvalue weighted by atomic mass is 16.3. The van der Waals surface area contributed by atoms with Crippen LogP contribution in [-0.4, -0.2) is 24.3 Å². The third kappa shape index (κ3) is 3.54. The van der Waals surface area contributed by atoms with Crippen molar-refractivity contribution in [3.8, 4) is 0 Å². The third-order valence-electron chi connectivity index (χ3n) is 2.04. The van der Waals surface area contributed by atoms with Crippen molar-refractivity contribution in [1.29, 1.82) is 0 Å². The molecule has 0 aromatic carbocycles. The van der Waals surface area contributed by atoms with Gasteiger partial charge in [0, 0.05) is 6.54 Å². The van der Waals surface area contributed by atoms with Crippen LogP contribution in [0.5, 0.6) is 0 Å². The van der Waals surface area contributed by atoms with E-state index in [9.17, 15) is 5.11 Å². The Morgan fingerprint density at radius 3 is 2.91 bits per heavy atom. The van der Waals surface area contributed by atoms with Crippen LogP contribution in [0.25, 0.3) is 0 Å². The summed E-state index contributed by atoms with van der Waals surface area (Å²) in [6.07, 6.45) is 5.18. The maximum Gasteiger partial charge on any atom is 0.0692 e. The van der Waals surface area contributed by atoms with Gasteiger partial charge in [0.15, 0.2) is 0 Å². The predicted octanol–water partition coefficient (Wildman–Crippen LogP) is 0.923. The van der Waals surface area contributed by atoms with Crippen LogP contribution in [0.3, 0.4) is 0 Å². The summed E-state index contributed by atoms with van der Waals surface area (Å²) < 4.78 is 0. The summed E-state index contributed by atoms with van der Waals surface area (Å²) in [7, 11) is 0. The minimum Gasteiger partial charge on any atom is -0.392 e. The zero-order valence-electron chi connectivity index (χ0n) is 6.92. The SMILES string of the molecule is C=CCCNCC(O)C1CC1. The Morgan fingerprint density at radius 1 is 1.64 bits per heavy atom. The average Bonchev–Trinajstić information content (AvgIpc) is 2.79. The summed E-state index contributed by atoms with van der Waals surface area (Å²) in [6, 6.07) is 0. The van der Waals surface area contributed by atoms with Gasteiger partial charge in [0.2, 0.25) is 0 Å². The number of rotatable bonds is 6. The lowest BCUT2D eigenvalue weighted by atomic mass is 10.2. The predicted molar refractivity (Wildman–Crippen MR) is 46.4 cm³/mol. The molecule has 0 saturated heterocycles. The molecule has 64 valence electrons. The molecule has 1 fully saturated rings. The summed E-state index contributed by atoms with van der Waals surface area (Å²) in [5, 5.41) is 12.6. The molecule has 2 nitrogen and oxygen atoms in total. The first kappa shape index (κ1) is 8.75. The van der Waals surface area contributed by atoms with Gasteiger partial charge in [-0.05, 0) is 31.7 Å². The minimum absolute atomic E-state index is 0.111. The van der Waals surface area contributed by atoms with Gasteiger partial charge in [0.25, 0.3) is 0 Å². The molecule has 0 aromatic heterocycles. The van der Waals surface area contributed by atoms with Crippen molar-refractivity contribution in [1.82, 2.24) is 5.32 Å². The van der Waals surface area contributed by atoms with Gasteiger partial charge in [-0.25, -0.2) is 0 Å². The van der Waals surface area contributed by atoms with E-state index >= 15 is 0 Å². The normalized spacial score (nSPS) is 19.7. The molecule has 0 radical (unpaired) electrons. The fraction of sp³-hybridized carbons (Fsp3) is 0.778. The van der Waals surface area contributed by atoms with Gasteiger partial charge >= 0.3 is 0 Å². The van der Waals surface area contributed by atoms with E-state index in [1.165, 1.54) is 12.8 Å². The summed E-state index contributed by atoms with van der Waals surface area (Å²) in [5.74, 6) is 0.589. The number of aliphatic hydroxyl groups is 1. The van der Waals surface area contributed by atoms with Crippen LogP contribution in [0.4, 0.5) is 0 Å². The molecule has 1 aliphatic carbocycles. The van der Waals surface area contributed by atoms with Crippen molar-refractivity contribution in [2.75, 3.05) is 13.1 Å². The lowest BCUT2D eigenvalue weighted by Gasteiger charge is -2.08. The van der Waals surface area contributed by atoms with E-state index in [1.54, 1.807) is 0 Å². The topological polar surface area (TPSA) is 32.3 Å². The lowest BCUT2D eigenvalue weighted by Crippen LogP contribution is -2.28. The van der Waals surface area contributed by atoms with E-state index in [2.05, 4.69) is 11.9 Å². The highest BCUT2D eigenvalue weighted by Crippen LogP contribution is 2.32. The molecule has 1 saturated carbocycles. The van der Waals surface area contributed by atoms with Crippen molar-refractivity contribution in [3.63, 3.8) is 0 Å². The smallest absolute Gasteiger partial charge is 0.0692 e. The number of hydrogen-bond donors (Lipinski definition) is 2. The van der Waals surface area contributed by atoms with E-state index in [0.29, 0.717) is 5.92 Å². The second-order valence-electron chi connectivity index (χ2n) is 3.19. The van der Waals surface area contributed by atoms with Crippen LogP contribution in [0, 0.1) is 5.92 Å². The van der Waals surface area contributed by atoms with Crippen molar-refractivity contribution >= 4 is 0 Å². The fourth-order valence-corrected chi connectivity index (χ4v) is 1.10. The molecule has 0 bridgehead atoms. The highest BCUT2D eigenvalue weighted by molar-refractivity contribution is 4.82. The van der Waals surface area contributed by atoms with E-state index < -0.39 is 0 Å². The number of hydrogen-bond acceptors (Lipinski definition) is 2. The Balaban J connectivity index is 1.88. The fourth-order valence-electron chi connectivity index (χ4n) is 1.10. The van der Waals surface area contributed by atoms with Crippen molar-refractivity contribution in [2.24, 2.45) is 5.92 Å². The molecule has 2 heteroatoms. The molecule has 0 heterocycles. The van der Waals surface area contributed by atoms with E-state index in [1.807, 2.05) is 6.08 Å². The Hall–Kier alpha value is -0.340. The molecule has 1 unspecified atom stereocenters. The van der Waals surface area contributed by atoms with Crippen molar-refractivity contribution < 1.29 is 5.11 Å². The van der Waals surface area contributed by atoms with Crippen molar-refractivity contribution in [2.45, 2.75) is 25.4 Å². The summed E-state index contributed by atoms with van der Waals surface area (Å²) in [4.78, 5) is 0. The molecule has 0 spiro atoms. The van der Waals surface area contributed by atoms with Gasteiger partial charge in [-0.2, -0.15) is 0 Å². The summed E-state index contributed by atoms with van der Waals surface area (Å²) in [6.45, 7) is 5.31. The molecule has 11 heavy (non-hydrogen) atoms. The van der Waals surface area contributed by atoms with Gasteiger partial charge < -0.3 is 10.4 Å². The maximum absolute atomic E-state index is 9.40. The summed E-state index contributed by atoms with van der Waals surface area (Å²) >= 11 is 0. The van der Waals surface area contributed by atoms with Gasteiger partial charge in [-0.15, -0.1) is 6.58 Å². The highest BCUT2D eigenvalue weighted by Gasteiger charge is 2.28. The second-order valence-corrected chi connectivity index (χ2v) is 3.19. The standard InChI is InChI=1S/C9H17NO/c1-2-3-6-10-7-9(11)8-4-5-8/h2,8-11H,1,3-7H2. The van der Waals surface area contributed by atoms with E-state index in [4.69, 9.17) is 0 Å². The molecule has 1 atom stereocenters. The van der Waals surface area contributed by atoms with Crippen LogP contribution in [0.2, 0.25) is 0 Å². The maximum atomic E-state index is 9.40. The molecule has 1 aliphatic rings. The Bertz CT molecular complexity index is 121. The zero-order chi connectivity index (χ0) is 8.10. The van der Waals surface area contributed by atoms with Crippen LogP contribution in [0.1, 0.15) is 19.3 Å². The lowest BCUT2D eigenvalue weighted by molar-refractivity contribution is 0.149. The Morgan fingerprint density at radius 2 is 2.36 bits per heavy atom. The largest absolute Gasteiger partial charge is 0.392 e. The van der Waals surface area contributed by atoms with Gasteiger partial charge in [-0.1, -0.05) is 6.08 Å². The quantitative estimate of drug-likeness (QED) is 0.441.